The molecule has 0 aliphatic rings. The molecule has 15 heavy (non-hydrogen) atoms. The summed E-state index contributed by atoms with van der Waals surface area (Å²) in [5, 5.41) is 16.1. The SMILES string of the molecule is C=C(Br)CC(N)C(=O)O.C[C@H](N)C(=O)O. The van der Waals surface area contributed by atoms with Crippen LogP contribution in [-0.4, -0.2) is 34.2 Å². The summed E-state index contributed by atoms with van der Waals surface area (Å²) in [6, 6.07) is -1.57. The average molecular weight is 283 g/mol. The Morgan fingerprint density at radius 1 is 1.33 bits per heavy atom. The van der Waals surface area contributed by atoms with Crippen molar-refractivity contribution in [2.75, 3.05) is 0 Å². The summed E-state index contributed by atoms with van der Waals surface area (Å²) in [4.78, 5) is 19.6. The van der Waals surface area contributed by atoms with Crippen molar-refractivity contribution in [2.24, 2.45) is 11.5 Å². The molecule has 1 unspecified atom stereocenters. The Hall–Kier alpha value is -0.920. The quantitative estimate of drug-likeness (QED) is 0.580. The molecule has 0 rings (SSSR count). The summed E-state index contributed by atoms with van der Waals surface area (Å²) in [5.74, 6) is -1.97. The lowest BCUT2D eigenvalue weighted by atomic mass is 10.2. The maximum absolute atomic E-state index is 10.0. The molecule has 0 heterocycles. The van der Waals surface area contributed by atoms with Crippen LogP contribution in [0.3, 0.4) is 0 Å². The zero-order chi connectivity index (χ0) is 12.6. The number of nitrogens with two attached hydrogens (primary N) is 2. The van der Waals surface area contributed by atoms with Gasteiger partial charge in [-0.1, -0.05) is 22.5 Å². The molecule has 0 saturated heterocycles. The standard InChI is InChI=1S/C5H8BrNO2.C3H7NO2/c1-3(6)2-4(7)5(8)9;1-2(4)3(5)6/h4H,1-2,7H2,(H,8,9);2H,4H2,1H3,(H,5,6)/t;2-/m.0/s1. The molecule has 88 valence electrons. The number of hydrogen-bond donors (Lipinski definition) is 4. The van der Waals surface area contributed by atoms with Crippen LogP contribution >= 0.6 is 15.9 Å². The van der Waals surface area contributed by atoms with Gasteiger partial charge in [-0.15, -0.1) is 0 Å². The predicted octanol–water partition coefficient (Wildman–Crippen LogP) is 0.115. The van der Waals surface area contributed by atoms with Crippen LogP contribution in [-0.2, 0) is 9.59 Å². The molecule has 0 spiro atoms. The van der Waals surface area contributed by atoms with Crippen molar-refractivity contribution in [1.29, 1.82) is 0 Å². The van der Waals surface area contributed by atoms with Crippen LogP contribution in [0.15, 0.2) is 11.1 Å². The molecule has 0 aromatic rings. The Balaban J connectivity index is 0. The van der Waals surface area contributed by atoms with Gasteiger partial charge < -0.3 is 21.7 Å². The van der Waals surface area contributed by atoms with Gasteiger partial charge in [-0.3, -0.25) is 9.59 Å². The van der Waals surface area contributed by atoms with Gasteiger partial charge in [0, 0.05) is 6.42 Å². The van der Waals surface area contributed by atoms with Crippen LogP contribution < -0.4 is 11.5 Å². The number of aliphatic carboxylic acids is 2. The van der Waals surface area contributed by atoms with Crippen molar-refractivity contribution in [3.63, 3.8) is 0 Å². The van der Waals surface area contributed by atoms with Gasteiger partial charge in [0.2, 0.25) is 0 Å². The lowest BCUT2D eigenvalue weighted by Crippen LogP contribution is -2.29. The number of carbonyl (C=O) groups is 2. The molecule has 0 aromatic heterocycles. The second-order valence-electron chi connectivity index (χ2n) is 2.79. The first-order valence-electron chi connectivity index (χ1n) is 3.98. The zero-order valence-electron chi connectivity index (χ0n) is 8.31. The number of halogens is 1. The Labute approximate surface area is 96.1 Å². The van der Waals surface area contributed by atoms with Gasteiger partial charge in [0.15, 0.2) is 0 Å². The minimum atomic E-state index is -1.00. The number of carboxylic acid groups (broad SMARTS) is 2. The fourth-order valence-corrected chi connectivity index (χ4v) is 0.675. The summed E-state index contributed by atoms with van der Waals surface area (Å²) in [6.07, 6.45) is 0.273. The van der Waals surface area contributed by atoms with E-state index in [-0.39, 0.29) is 6.42 Å². The van der Waals surface area contributed by atoms with Crippen molar-refractivity contribution in [3.05, 3.63) is 11.1 Å². The van der Waals surface area contributed by atoms with Crippen molar-refractivity contribution in [1.82, 2.24) is 0 Å². The Bertz CT molecular complexity index is 243. The number of carboxylic acids is 2. The fourth-order valence-electron chi connectivity index (χ4n) is 0.326. The molecule has 0 aromatic carbocycles. The van der Waals surface area contributed by atoms with E-state index in [1.165, 1.54) is 6.92 Å². The van der Waals surface area contributed by atoms with Gasteiger partial charge in [0.25, 0.3) is 0 Å². The molecular formula is C8H15BrN2O4. The van der Waals surface area contributed by atoms with Crippen LogP contribution in [0.5, 0.6) is 0 Å². The second kappa shape index (κ2) is 8.39. The molecule has 0 amide bonds. The topological polar surface area (TPSA) is 127 Å². The highest BCUT2D eigenvalue weighted by Crippen LogP contribution is 2.07. The van der Waals surface area contributed by atoms with E-state index >= 15 is 0 Å². The van der Waals surface area contributed by atoms with E-state index in [1.807, 2.05) is 0 Å². The number of rotatable bonds is 4. The lowest BCUT2D eigenvalue weighted by molar-refractivity contribution is -0.139. The van der Waals surface area contributed by atoms with Crippen LogP contribution in [0, 0.1) is 0 Å². The van der Waals surface area contributed by atoms with E-state index in [4.69, 9.17) is 21.7 Å². The van der Waals surface area contributed by atoms with Gasteiger partial charge in [-0.25, -0.2) is 0 Å². The van der Waals surface area contributed by atoms with Crippen LogP contribution in [0.2, 0.25) is 0 Å². The molecule has 0 saturated carbocycles. The van der Waals surface area contributed by atoms with Gasteiger partial charge in [0.1, 0.15) is 12.1 Å². The van der Waals surface area contributed by atoms with Crippen molar-refractivity contribution < 1.29 is 19.8 Å². The maximum Gasteiger partial charge on any atom is 0.320 e. The third-order valence-electron chi connectivity index (χ3n) is 1.15. The third-order valence-corrected chi connectivity index (χ3v) is 1.47. The summed E-state index contributed by atoms with van der Waals surface area (Å²) in [6.45, 7) is 4.87. The van der Waals surface area contributed by atoms with Gasteiger partial charge in [-0.05, 0) is 11.4 Å². The van der Waals surface area contributed by atoms with Crippen LogP contribution in [0.4, 0.5) is 0 Å². The molecule has 0 aliphatic carbocycles. The minimum Gasteiger partial charge on any atom is -0.480 e. The Morgan fingerprint density at radius 3 is 1.73 bits per heavy atom. The monoisotopic (exact) mass is 282 g/mol. The van der Waals surface area contributed by atoms with Gasteiger partial charge in [0.05, 0.1) is 0 Å². The van der Waals surface area contributed by atoms with E-state index in [9.17, 15) is 9.59 Å². The summed E-state index contributed by atoms with van der Waals surface area (Å²) < 4.78 is 0.609. The predicted molar refractivity (Wildman–Crippen MR) is 59.6 cm³/mol. The Morgan fingerprint density at radius 2 is 1.67 bits per heavy atom. The first kappa shape index (κ1) is 16.5. The molecule has 0 aliphatic heterocycles. The normalized spacial score (nSPS) is 13.1. The van der Waals surface area contributed by atoms with Crippen LogP contribution in [0.1, 0.15) is 13.3 Å². The molecular weight excluding hydrogens is 268 g/mol. The average Bonchev–Trinajstić information content (AvgIpc) is 2.03. The van der Waals surface area contributed by atoms with Gasteiger partial charge >= 0.3 is 11.9 Å². The highest BCUT2D eigenvalue weighted by atomic mass is 79.9. The molecule has 7 heteroatoms. The fraction of sp³-hybridized carbons (Fsp3) is 0.500. The zero-order valence-corrected chi connectivity index (χ0v) is 9.90. The summed E-state index contributed by atoms with van der Waals surface area (Å²) >= 11 is 3.01. The van der Waals surface area contributed by atoms with Crippen molar-refractivity contribution >= 4 is 27.9 Å². The van der Waals surface area contributed by atoms with E-state index in [0.717, 1.165) is 0 Å². The molecule has 2 atom stereocenters. The molecule has 6 nitrogen and oxygen atoms in total. The summed E-state index contributed by atoms with van der Waals surface area (Å²) in [5.41, 5.74) is 9.96. The molecule has 0 fully saturated rings. The lowest BCUT2D eigenvalue weighted by Gasteiger charge is -2.02. The smallest absolute Gasteiger partial charge is 0.320 e. The first-order valence-corrected chi connectivity index (χ1v) is 4.77. The van der Waals surface area contributed by atoms with Gasteiger partial charge in [-0.2, -0.15) is 0 Å². The Kier molecular flexibility index (Phi) is 9.24. The minimum absolute atomic E-state index is 0.273. The van der Waals surface area contributed by atoms with E-state index < -0.39 is 24.0 Å². The molecule has 6 N–H and O–H groups in total. The second-order valence-corrected chi connectivity index (χ2v) is 3.91. The van der Waals surface area contributed by atoms with E-state index in [1.54, 1.807) is 0 Å². The van der Waals surface area contributed by atoms with E-state index in [2.05, 4.69) is 22.5 Å². The highest BCUT2D eigenvalue weighted by molar-refractivity contribution is 9.11. The van der Waals surface area contributed by atoms with Crippen molar-refractivity contribution in [3.8, 4) is 0 Å². The molecule has 0 radical (unpaired) electrons. The third kappa shape index (κ3) is 13.1. The highest BCUT2D eigenvalue weighted by Gasteiger charge is 2.10. The molecule has 0 bridgehead atoms. The summed E-state index contributed by atoms with van der Waals surface area (Å²) in [7, 11) is 0. The number of hydrogen-bond acceptors (Lipinski definition) is 4. The first-order chi connectivity index (χ1) is 6.68. The van der Waals surface area contributed by atoms with E-state index in [0.29, 0.717) is 4.48 Å². The maximum atomic E-state index is 10.0. The van der Waals surface area contributed by atoms with Crippen LogP contribution in [0.25, 0.3) is 0 Å². The largest absolute Gasteiger partial charge is 0.480 e. The van der Waals surface area contributed by atoms with Crippen molar-refractivity contribution in [2.45, 2.75) is 25.4 Å².